The first-order chi connectivity index (χ1) is 4.93. The fraction of sp³-hybridized carbons (Fsp3) is 1.00. The molecule has 1 saturated heterocycles. The van der Waals surface area contributed by atoms with Crippen LogP contribution in [0.1, 0.15) is 19.3 Å². The summed E-state index contributed by atoms with van der Waals surface area (Å²) in [6, 6.07) is 1.34. The van der Waals surface area contributed by atoms with E-state index >= 15 is 0 Å². The number of hydrogen-bond donors (Lipinski definition) is 0. The minimum absolute atomic E-state index is 0.133. The van der Waals surface area contributed by atoms with Crippen LogP contribution in [0.3, 0.4) is 0 Å². The van der Waals surface area contributed by atoms with Gasteiger partial charge in [0.2, 0.25) is 0 Å². The lowest BCUT2D eigenvalue weighted by atomic mass is 10.4. The summed E-state index contributed by atoms with van der Waals surface area (Å²) < 4.78 is 10.7. The van der Waals surface area contributed by atoms with Crippen molar-refractivity contribution in [3.05, 3.63) is 0 Å². The van der Waals surface area contributed by atoms with Gasteiger partial charge in [0.05, 0.1) is 0 Å². The lowest BCUT2D eigenvalue weighted by Gasteiger charge is -2.09. The molecular formula is C7H16O2Si. The Balaban J connectivity index is 1.91. The molecule has 0 aromatic carbocycles. The zero-order valence-electron chi connectivity index (χ0n) is 6.64. The first kappa shape index (κ1) is 8.24. The summed E-state index contributed by atoms with van der Waals surface area (Å²) in [4.78, 5) is 0. The van der Waals surface area contributed by atoms with Gasteiger partial charge in [-0.1, -0.05) is 6.04 Å². The smallest absolute Gasteiger partial charge is 0.157 e. The second kappa shape index (κ2) is 4.88. The zero-order valence-corrected chi connectivity index (χ0v) is 8.64. The fourth-order valence-corrected chi connectivity index (χ4v) is 1.33. The molecule has 1 rings (SSSR count). The van der Waals surface area contributed by atoms with Gasteiger partial charge in [-0.3, -0.25) is 0 Å². The van der Waals surface area contributed by atoms with Crippen molar-refractivity contribution in [1.82, 2.24) is 0 Å². The highest BCUT2D eigenvalue weighted by molar-refractivity contribution is 6.08. The van der Waals surface area contributed by atoms with E-state index in [9.17, 15) is 0 Å². The Morgan fingerprint density at radius 2 is 2.50 bits per heavy atom. The molecule has 0 aliphatic carbocycles. The maximum absolute atomic E-state index is 5.44. The third-order valence-electron chi connectivity index (χ3n) is 1.69. The average molecular weight is 160 g/mol. The maximum Gasteiger partial charge on any atom is 0.157 e. The summed E-state index contributed by atoms with van der Waals surface area (Å²) in [5.74, 6) is 0. The van der Waals surface area contributed by atoms with Crippen molar-refractivity contribution < 1.29 is 9.47 Å². The van der Waals surface area contributed by atoms with Gasteiger partial charge in [-0.2, -0.15) is 0 Å². The van der Waals surface area contributed by atoms with Crippen molar-refractivity contribution in [1.29, 1.82) is 0 Å². The Hall–Kier alpha value is 0.137. The molecule has 1 fully saturated rings. The molecule has 0 aromatic rings. The van der Waals surface area contributed by atoms with E-state index in [0.29, 0.717) is 0 Å². The van der Waals surface area contributed by atoms with Crippen LogP contribution >= 0.6 is 0 Å². The zero-order chi connectivity index (χ0) is 7.23. The van der Waals surface area contributed by atoms with Crippen molar-refractivity contribution in [2.45, 2.75) is 31.6 Å². The highest BCUT2D eigenvalue weighted by Gasteiger charge is 2.14. The fourth-order valence-electron chi connectivity index (χ4n) is 1.04. The summed E-state index contributed by atoms with van der Waals surface area (Å²) >= 11 is 0. The SMILES string of the molecule is [SiH3]CCCOC1CCCO1. The highest BCUT2D eigenvalue weighted by Crippen LogP contribution is 2.12. The molecular weight excluding hydrogens is 144 g/mol. The van der Waals surface area contributed by atoms with E-state index in [1.807, 2.05) is 0 Å². The summed E-state index contributed by atoms with van der Waals surface area (Å²) in [6.07, 6.45) is 3.62. The van der Waals surface area contributed by atoms with Crippen molar-refractivity contribution in [3.63, 3.8) is 0 Å². The largest absolute Gasteiger partial charge is 0.353 e. The van der Waals surface area contributed by atoms with Crippen LogP contribution < -0.4 is 0 Å². The van der Waals surface area contributed by atoms with Gasteiger partial charge in [0.25, 0.3) is 0 Å². The third kappa shape index (κ3) is 2.81. The Morgan fingerprint density at radius 3 is 3.10 bits per heavy atom. The lowest BCUT2D eigenvalue weighted by Crippen LogP contribution is -2.10. The van der Waals surface area contributed by atoms with Crippen LogP contribution in [0.15, 0.2) is 0 Å². The van der Waals surface area contributed by atoms with Crippen molar-refractivity contribution >= 4 is 10.2 Å². The van der Waals surface area contributed by atoms with Gasteiger partial charge in [-0.25, -0.2) is 0 Å². The molecule has 2 nitrogen and oxygen atoms in total. The third-order valence-corrected chi connectivity index (χ3v) is 2.40. The van der Waals surface area contributed by atoms with Gasteiger partial charge < -0.3 is 9.47 Å². The molecule has 0 bridgehead atoms. The van der Waals surface area contributed by atoms with Crippen LogP contribution in [0.5, 0.6) is 0 Å². The Bertz CT molecular complexity index is 81.7. The molecule has 1 unspecified atom stereocenters. The Kier molecular flexibility index (Phi) is 4.02. The molecule has 0 radical (unpaired) electrons. The van der Waals surface area contributed by atoms with Crippen molar-refractivity contribution in [3.8, 4) is 0 Å². The second-order valence-corrected chi connectivity index (χ2v) is 3.67. The average Bonchev–Trinajstić information content (AvgIpc) is 2.41. The summed E-state index contributed by atoms with van der Waals surface area (Å²) in [7, 11) is 1.30. The van der Waals surface area contributed by atoms with Crippen LogP contribution in [0, 0.1) is 0 Å². The van der Waals surface area contributed by atoms with E-state index in [1.54, 1.807) is 0 Å². The molecule has 0 N–H and O–H groups in total. The van der Waals surface area contributed by atoms with Gasteiger partial charge >= 0.3 is 0 Å². The van der Waals surface area contributed by atoms with Gasteiger partial charge in [0.15, 0.2) is 6.29 Å². The molecule has 1 aliphatic heterocycles. The highest BCUT2D eigenvalue weighted by atomic mass is 28.1. The number of hydrogen-bond acceptors (Lipinski definition) is 2. The predicted octanol–water partition coefficient (Wildman–Crippen LogP) is 0.313. The molecule has 3 heteroatoms. The normalized spacial score (nSPS) is 25.8. The first-order valence-corrected chi connectivity index (χ1v) is 5.58. The van der Waals surface area contributed by atoms with Gasteiger partial charge in [-0.05, 0) is 12.8 Å². The van der Waals surface area contributed by atoms with Crippen LogP contribution in [0.2, 0.25) is 6.04 Å². The van der Waals surface area contributed by atoms with E-state index in [2.05, 4.69) is 0 Å². The summed E-state index contributed by atoms with van der Waals surface area (Å²) in [5.41, 5.74) is 0. The molecule has 0 amide bonds. The predicted molar refractivity (Wildman–Crippen MR) is 44.3 cm³/mol. The molecule has 1 aliphatic rings. The standard InChI is InChI=1S/C7H16O2Si/c10-6-2-5-9-7-3-1-4-8-7/h7H,1-6H2,10H3. The van der Waals surface area contributed by atoms with E-state index in [4.69, 9.17) is 9.47 Å². The Morgan fingerprint density at radius 1 is 1.60 bits per heavy atom. The van der Waals surface area contributed by atoms with Crippen molar-refractivity contribution in [2.75, 3.05) is 13.2 Å². The van der Waals surface area contributed by atoms with Gasteiger partial charge in [0.1, 0.15) is 0 Å². The van der Waals surface area contributed by atoms with Crippen LogP contribution in [0.25, 0.3) is 0 Å². The maximum atomic E-state index is 5.44. The van der Waals surface area contributed by atoms with E-state index in [1.165, 1.54) is 29.1 Å². The van der Waals surface area contributed by atoms with Crippen molar-refractivity contribution in [2.24, 2.45) is 0 Å². The quantitative estimate of drug-likeness (QED) is 0.435. The minimum atomic E-state index is 0.133. The second-order valence-electron chi connectivity index (χ2n) is 2.67. The topological polar surface area (TPSA) is 18.5 Å². The van der Waals surface area contributed by atoms with Gasteiger partial charge in [-0.15, -0.1) is 0 Å². The van der Waals surface area contributed by atoms with Crippen LogP contribution in [-0.2, 0) is 9.47 Å². The van der Waals surface area contributed by atoms with Crippen LogP contribution in [0.4, 0.5) is 0 Å². The molecule has 0 spiro atoms. The molecule has 0 saturated carbocycles. The minimum Gasteiger partial charge on any atom is -0.353 e. The van der Waals surface area contributed by atoms with E-state index in [-0.39, 0.29) is 6.29 Å². The molecule has 1 heterocycles. The Labute approximate surface area is 65.3 Å². The molecule has 1 atom stereocenters. The lowest BCUT2D eigenvalue weighted by molar-refractivity contribution is -0.110. The molecule has 0 aromatic heterocycles. The molecule has 60 valence electrons. The van der Waals surface area contributed by atoms with E-state index < -0.39 is 0 Å². The van der Waals surface area contributed by atoms with Gasteiger partial charge in [0, 0.05) is 29.9 Å². The molecule has 10 heavy (non-hydrogen) atoms. The van der Waals surface area contributed by atoms with E-state index in [0.717, 1.165) is 19.6 Å². The first-order valence-electron chi connectivity index (χ1n) is 4.16. The summed E-state index contributed by atoms with van der Waals surface area (Å²) in [6.45, 7) is 1.79. The number of rotatable bonds is 4. The van der Waals surface area contributed by atoms with Crippen LogP contribution in [-0.4, -0.2) is 29.7 Å². The summed E-state index contributed by atoms with van der Waals surface area (Å²) in [5, 5.41) is 0. The number of ether oxygens (including phenoxy) is 2. The monoisotopic (exact) mass is 160 g/mol.